The highest BCUT2D eigenvalue weighted by atomic mass is 16.1. The lowest BCUT2D eigenvalue weighted by Crippen LogP contribution is -2.24. The molecule has 0 bridgehead atoms. The number of hydrogen-bond acceptors (Lipinski definition) is 1. The standard InChI is InChI=1S/C12H9NO/c14-12-9-3-1-2-6-10-7-4-5-8-11(10)13-12/h1-9H/b2-1-,9-3-,10-6-,13-11-. The first-order valence-electron chi connectivity index (χ1n) is 4.39. The van der Waals surface area contributed by atoms with Crippen LogP contribution >= 0.6 is 0 Å². The van der Waals surface area contributed by atoms with Gasteiger partial charge in [-0.25, -0.2) is 4.99 Å². The molecule has 0 saturated heterocycles. The minimum Gasteiger partial charge on any atom is -0.267 e. The molecular weight excluding hydrogens is 174 g/mol. The van der Waals surface area contributed by atoms with Crippen LogP contribution in [-0.4, -0.2) is 5.91 Å². The Morgan fingerprint density at radius 2 is 1.86 bits per heavy atom. The molecule has 2 heteroatoms. The van der Waals surface area contributed by atoms with Crippen molar-refractivity contribution in [2.24, 2.45) is 4.99 Å². The van der Waals surface area contributed by atoms with E-state index in [0.717, 1.165) is 5.22 Å². The molecule has 0 aliphatic carbocycles. The molecule has 0 atom stereocenters. The normalized spacial score (nSPS) is 23.9. The van der Waals surface area contributed by atoms with Crippen LogP contribution in [-0.2, 0) is 4.79 Å². The van der Waals surface area contributed by atoms with E-state index in [1.54, 1.807) is 6.08 Å². The average Bonchev–Trinajstić information content (AvgIpc) is 2.27. The fraction of sp³-hybridized carbons (Fsp3) is 0. The van der Waals surface area contributed by atoms with Crippen molar-refractivity contribution >= 4 is 12.0 Å². The zero-order chi connectivity index (χ0) is 9.80. The Balaban J connectivity index is 2.76. The van der Waals surface area contributed by atoms with Gasteiger partial charge in [0.1, 0.15) is 0 Å². The van der Waals surface area contributed by atoms with Gasteiger partial charge in [0.2, 0.25) is 0 Å². The van der Waals surface area contributed by atoms with Gasteiger partial charge in [0.25, 0.3) is 5.91 Å². The van der Waals surface area contributed by atoms with Gasteiger partial charge >= 0.3 is 0 Å². The molecule has 0 saturated carbocycles. The molecule has 68 valence electrons. The summed E-state index contributed by atoms with van der Waals surface area (Å²) < 4.78 is 0. The number of amides is 1. The topological polar surface area (TPSA) is 29.4 Å². The molecule has 2 rings (SSSR count). The van der Waals surface area contributed by atoms with E-state index in [2.05, 4.69) is 4.99 Å². The first-order valence-corrected chi connectivity index (χ1v) is 4.39. The molecule has 14 heavy (non-hydrogen) atoms. The first-order chi connectivity index (χ1) is 6.86. The number of benzene rings is 1. The third-order valence-electron chi connectivity index (χ3n) is 1.90. The molecule has 1 aliphatic heterocycles. The van der Waals surface area contributed by atoms with Crippen molar-refractivity contribution in [3.8, 4) is 0 Å². The van der Waals surface area contributed by atoms with Crippen LogP contribution in [0.25, 0.3) is 6.08 Å². The number of nitrogens with zero attached hydrogens (tertiary/aromatic N) is 1. The summed E-state index contributed by atoms with van der Waals surface area (Å²) in [6, 6.07) is 7.56. The van der Waals surface area contributed by atoms with Crippen molar-refractivity contribution in [1.29, 1.82) is 0 Å². The Morgan fingerprint density at radius 3 is 2.79 bits per heavy atom. The quantitative estimate of drug-likeness (QED) is 0.583. The van der Waals surface area contributed by atoms with Crippen LogP contribution < -0.4 is 10.6 Å². The van der Waals surface area contributed by atoms with Crippen molar-refractivity contribution in [1.82, 2.24) is 0 Å². The maximum Gasteiger partial charge on any atom is 0.270 e. The summed E-state index contributed by atoms with van der Waals surface area (Å²) in [5.41, 5.74) is 0. The van der Waals surface area contributed by atoms with E-state index < -0.39 is 0 Å². The first kappa shape index (κ1) is 8.63. The predicted octanol–water partition coefficient (Wildman–Crippen LogP) is 0.739. The third kappa shape index (κ3) is 1.85. The van der Waals surface area contributed by atoms with Crippen LogP contribution in [0.5, 0.6) is 0 Å². The Morgan fingerprint density at radius 1 is 1.00 bits per heavy atom. The molecule has 0 unspecified atom stereocenters. The summed E-state index contributed by atoms with van der Waals surface area (Å²) >= 11 is 0. The lowest BCUT2D eigenvalue weighted by Gasteiger charge is -1.86. The monoisotopic (exact) mass is 183 g/mol. The molecule has 0 N–H and O–H groups in total. The Bertz CT molecular complexity index is 523. The van der Waals surface area contributed by atoms with Gasteiger partial charge in [-0.05, 0) is 6.07 Å². The van der Waals surface area contributed by atoms with Crippen LogP contribution in [0.1, 0.15) is 0 Å². The number of allylic oxidation sites excluding steroid dienone is 3. The van der Waals surface area contributed by atoms with Gasteiger partial charge in [0.15, 0.2) is 0 Å². The highest BCUT2D eigenvalue weighted by molar-refractivity contribution is 5.88. The maximum atomic E-state index is 11.3. The van der Waals surface area contributed by atoms with Gasteiger partial charge in [-0.3, -0.25) is 4.79 Å². The van der Waals surface area contributed by atoms with Crippen molar-refractivity contribution < 1.29 is 4.79 Å². The zero-order valence-electron chi connectivity index (χ0n) is 7.55. The van der Waals surface area contributed by atoms with Gasteiger partial charge in [0.05, 0.1) is 5.36 Å². The summed E-state index contributed by atoms with van der Waals surface area (Å²) in [6.07, 6.45) is 8.78. The Kier molecular flexibility index (Phi) is 2.36. The molecule has 0 fully saturated rings. The van der Waals surface area contributed by atoms with Crippen LogP contribution in [0, 0.1) is 0 Å². The average molecular weight is 183 g/mol. The maximum absolute atomic E-state index is 11.3. The van der Waals surface area contributed by atoms with Crippen LogP contribution in [0.4, 0.5) is 0 Å². The Labute approximate surface area is 81.6 Å². The number of para-hydroxylation sites is 1. The number of fused-ring (bicyclic) bond motifs is 1. The van der Waals surface area contributed by atoms with Crippen LogP contribution in [0.2, 0.25) is 0 Å². The summed E-state index contributed by atoms with van der Waals surface area (Å²) in [7, 11) is 0. The highest BCUT2D eigenvalue weighted by Crippen LogP contribution is 1.84. The number of hydrogen-bond donors (Lipinski definition) is 0. The second-order valence-corrected chi connectivity index (χ2v) is 2.92. The highest BCUT2D eigenvalue weighted by Gasteiger charge is 1.91. The fourth-order valence-corrected chi connectivity index (χ4v) is 1.25. The fourth-order valence-electron chi connectivity index (χ4n) is 1.25. The van der Waals surface area contributed by atoms with E-state index in [1.165, 1.54) is 6.08 Å². The number of carbonyl (C=O) groups excluding carboxylic acids is 1. The number of rotatable bonds is 0. The molecule has 1 aliphatic rings. The molecule has 1 aromatic rings. The van der Waals surface area contributed by atoms with Crippen molar-refractivity contribution in [3.63, 3.8) is 0 Å². The summed E-state index contributed by atoms with van der Waals surface area (Å²) in [5, 5.41) is 1.68. The van der Waals surface area contributed by atoms with Crippen molar-refractivity contribution in [2.75, 3.05) is 0 Å². The molecule has 1 amide bonds. The molecule has 1 heterocycles. The minimum atomic E-state index is -0.225. The lowest BCUT2D eigenvalue weighted by atomic mass is 10.2. The second-order valence-electron chi connectivity index (χ2n) is 2.92. The third-order valence-corrected chi connectivity index (χ3v) is 1.90. The van der Waals surface area contributed by atoms with Gasteiger partial charge < -0.3 is 0 Å². The Hall–Kier alpha value is -1.96. The molecule has 0 radical (unpaired) electrons. The second kappa shape index (κ2) is 3.83. The van der Waals surface area contributed by atoms with Crippen LogP contribution in [0.15, 0.2) is 53.6 Å². The lowest BCUT2D eigenvalue weighted by molar-refractivity contribution is -0.113. The van der Waals surface area contributed by atoms with Crippen molar-refractivity contribution in [3.05, 3.63) is 59.1 Å². The molecular formula is C12H9NO. The summed E-state index contributed by atoms with van der Waals surface area (Å²) in [4.78, 5) is 15.2. The minimum absolute atomic E-state index is 0.225. The molecule has 1 aromatic carbocycles. The van der Waals surface area contributed by atoms with Crippen LogP contribution in [0.3, 0.4) is 0 Å². The van der Waals surface area contributed by atoms with E-state index in [9.17, 15) is 4.79 Å². The number of carbonyl (C=O) groups is 1. The summed E-state index contributed by atoms with van der Waals surface area (Å²) in [6.45, 7) is 0. The predicted molar refractivity (Wildman–Crippen MR) is 55.0 cm³/mol. The van der Waals surface area contributed by atoms with Gasteiger partial charge in [-0.1, -0.05) is 42.5 Å². The SMILES string of the molecule is O=C1\C=C/C=C\C=c2\cccc\c2=N\1. The van der Waals surface area contributed by atoms with Crippen molar-refractivity contribution in [2.45, 2.75) is 0 Å². The molecule has 0 spiro atoms. The van der Waals surface area contributed by atoms with Gasteiger partial charge in [-0.15, -0.1) is 0 Å². The van der Waals surface area contributed by atoms with Gasteiger partial charge in [-0.2, -0.15) is 0 Å². The summed E-state index contributed by atoms with van der Waals surface area (Å²) in [5.74, 6) is -0.225. The van der Waals surface area contributed by atoms with E-state index in [4.69, 9.17) is 0 Å². The van der Waals surface area contributed by atoms with E-state index >= 15 is 0 Å². The van der Waals surface area contributed by atoms with E-state index in [1.807, 2.05) is 42.5 Å². The van der Waals surface area contributed by atoms with E-state index in [0.29, 0.717) is 5.36 Å². The van der Waals surface area contributed by atoms with E-state index in [-0.39, 0.29) is 5.91 Å². The largest absolute Gasteiger partial charge is 0.270 e. The molecule has 2 nitrogen and oxygen atoms in total. The zero-order valence-corrected chi connectivity index (χ0v) is 7.55. The molecule has 0 aromatic heterocycles. The smallest absolute Gasteiger partial charge is 0.267 e. The van der Waals surface area contributed by atoms with Gasteiger partial charge in [0, 0.05) is 11.3 Å².